The van der Waals surface area contributed by atoms with E-state index < -0.39 is 0 Å². The molecule has 2 aliphatic rings. The molecule has 3 heteroatoms. The Bertz CT molecular complexity index is 2880. The molecular weight excluding hydrogens is 685 g/mol. The molecule has 1 fully saturated rings. The van der Waals surface area contributed by atoms with E-state index in [2.05, 4.69) is 164 Å². The first-order valence-corrected chi connectivity index (χ1v) is 20.3. The molecule has 2 heterocycles. The van der Waals surface area contributed by atoms with Gasteiger partial charge in [0.25, 0.3) is 0 Å². The molecule has 2 aliphatic carbocycles. The van der Waals surface area contributed by atoms with Crippen LogP contribution in [0.3, 0.4) is 0 Å². The minimum absolute atomic E-state index is 0.180. The van der Waals surface area contributed by atoms with Gasteiger partial charge in [-0.25, -0.2) is 9.97 Å². The highest BCUT2D eigenvalue weighted by atomic mass is 32.1. The van der Waals surface area contributed by atoms with Crippen LogP contribution in [-0.4, -0.2) is 9.97 Å². The maximum atomic E-state index is 5.18. The molecule has 2 nitrogen and oxygen atoms in total. The molecule has 7 aromatic carbocycles. The second-order valence-corrected chi connectivity index (χ2v) is 16.3. The van der Waals surface area contributed by atoms with Crippen LogP contribution in [0.25, 0.3) is 87.5 Å². The molecule has 0 aliphatic heterocycles. The molecule has 2 aromatic heterocycles. The zero-order chi connectivity index (χ0) is 36.3. The van der Waals surface area contributed by atoms with Crippen molar-refractivity contribution in [1.82, 2.24) is 9.97 Å². The van der Waals surface area contributed by atoms with E-state index in [0.717, 1.165) is 33.9 Å². The minimum atomic E-state index is 0.180. The molecule has 9 aromatic rings. The maximum absolute atomic E-state index is 5.18. The molecule has 262 valence electrons. The van der Waals surface area contributed by atoms with Gasteiger partial charge >= 0.3 is 0 Å². The first-order chi connectivity index (χ1) is 27.2. The Morgan fingerprint density at radius 1 is 0.382 bits per heavy atom. The predicted molar refractivity (Wildman–Crippen MR) is 231 cm³/mol. The van der Waals surface area contributed by atoms with Crippen molar-refractivity contribution in [3.05, 3.63) is 181 Å². The van der Waals surface area contributed by atoms with E-state index in [1.165, 1.54) is 91.2 Å². The van der Waals surface area contributed by atoms with Gasteiger partial charge in [0, 0.05) is 42.3 Å². The van der Waals surface area contributed by atoms with Crippen LogP contribution in [0, 0.1) is 0 Å². The van der Waals surface area contributed by atoms with E-state index in [0.29, 0.717) is 0 Å². The Kier molecular flexibility index (Phi) is 7.63. The second-order valence-electron chi connectivity index (χ2n) is 15.2. The number of benzene rings is 7. The molecule has 11 rings (SSSR count). The van der Waals surface area contributed by atoms with Crippen molar-refractivity contribution in [2.24, 2.45) is 0 Å². The van der Waals surface area contributed by atoms with Crippen LogP contribution < -0.4 is 0 Å². The summed E-state index contributed by atoms with van der Waals surface area (Å²) in [7, 11) is 0. The van der Waals surface area contributed by atoms with Gasteiger partial charge in [0.15, 0.2) is 5.82 Å². The third-order valence-electron chi connectivity index (χ3n) is 12.1. The fourth-order valence-electron chi connectivity index (χ4n) is 9.38. The number of fused-ring (bicyclic) bond motifs is 8. The number of hydrogen-bond donors (Lipinski definition) is 0. The van der Waals surface area contributed by atoms with Gasteiger partial charge in [-0.15, -0.1) is 11.3 Å². The van der Waals surface area contributed by atoms with Gasteiger partial charge in [0.1, 0.15) is 0 Å². The highest BCUT2D eigenvalue weighted by molar-refractivity contribution is 7.25. The predicted octanol–water partition coefficient (Wildman–Crippen LogP) is 14.4. The standard InChI is InChI=1S/C52H38N2S/c1-4-12-34(13-5-1)35-18-20-36(21-19-35)47-33-48(54-51(53-47)37-14-6-2-7-15-37)40-24-27-50-44(32-40)43-31-39(23-26-49(43)55-50)38-22-25-46-42(30-38)41-16-8-9-17-45(41)52(46)28-10-3-11-29-52/h1-2,4-9,12-27,30-33H,3,10-11,28-29H2. The Morgan fingerprint density at radius 2 is 0.909 bits per heavy atom. The highest BCUT2D eigenvalue weighted by Gasteiger charge is 2.43. The minimum Gasteiger partial charge on any atom is -0.228 e. The molecule has 1 spiro atoms. The molecule has 0 amide bonds. The van der Waals surface area contributed by atoms with Gasteiger partial charge in [-0.2, -0.15) is 0 Å². The van der Waals surface area contributed by atoms with Crippen molar-refractivity contribution in [3.63, 3.8) is 0 Å². The molecule has 0 bridgehead atoms. The fourth-order valence-corrected chi connectivity index (χ4v) is 10.4. The van der Waals surface area contributed by atoms with Crippen molar-refractivity contribution in [3.8, 4) is 67.3 Å². The monoisotopic (exact) mass is 722 g/mol. The zero-order valence-electron chi connectivity index (χ0n) is 30.5. The first-order valence-electron chi connectivity index (χ1n) is 19.5. The lowest BCUT2D eigenvalue weighted by Gasteiger charge is -2.36. The summed E-state index contributed by atoms with van der Waals surface area (Å²) in [5.74, 6) is 0.728. The van der Waals surface area contributed by atoms with Crippen LogP contribution in [0.5, 0.6) is 0 Å². The third-order valence-corrected chi connectivity index (χ3v) is 13.3. The van der Waals surface area contributed by atoms with Crippen LogP contribution >= 0.6 is 11.3 Å². The van der Waals surface area contributed by atoms with Gasteiger partial charge in [0.05, 0.1) is 11.4 Å². The number of aromatic nitrogens is 2. The molecule has 0 radical (unpaired) electrons. The Hall–Kier alpha value is -6.16. The number of nitrogens with zero attached hydrogens (tertiary/aromatic N) is 2. The summed E-state index contributed by atoms with van der Waals surface area (Å²) in [5.41, 5.74) is 16.0. The summed E-state index contributed by atoms with van der Waals surface area (Å²) in [6.07, 6.45) is 6.49. The van der Waals surface area contributed by atoms with Crippen LogP contribution in [0.4, 0.5) is 0 Å². The van der Waals surface area contributed by atoms with E-state index in [9.17, 15) is 0 Å². The van der Waals surface area contributed by atoms with Gasteiger partial charge in [0.2, 0.25) is 0 Å². The Balaban J connectivity index is 1.00. The number of rotatable bonds is 5. The fraction of sp³-hybridized carbons (Fsp3) is 0.115. The van der Waals surface area contributed by atoms with E-state index in [1.54, 1.807) is 5.56 Å². The highest BCUT2D eigenvalue weighted by Crippen LogP contribution is 2.56. The average molecular weight is 723 g/mol. The Labute approximate surface area is 325 Å². The van der Waals surface area contributed by atoms with E-state index in [-0.39, 0.29) is 5.41 Å². The van der Waals surface area contributed by atoms with E-state index in [1.807, 2.05) is 17.4 Å². The van der Waals surface area contributed by atoms with Crippen LogP contribution in [0.2, 0.25) is 0 Å². The summed E-state index contributed by atoms with van der Waals surface area (Å²) in [6, 6.07) is 62.0. The van der Waals surface area contributed by atoms with Crippen molar-refractivity contribution in [2.45, 2.75) is 37.5 Å². The summed E-state index contributed by atoms with van der Waals surface area (Å²) in [6.45, 7) is 0. The van der Waals surface area contributed by atoms with Crippen molar-refractivity contribution in [2.75, 3.05) is 0 Å². The zero-order valence-corrected chi connectivity index (χ0v) is 31.3. The molecule has 55 heavy (non-hydrogen) atoms. The molecule has 1 saturated carbocycles. The average Bonchev–Trinajstić information content (AvgIpc) is 3.76. The summed E-state index contributed by atoms with van der Waals surface area (Å²) >= 11 is 1.86. The lowest BCUT2D eigenvalue weighted by Crippen LogP contribution is -2.27. The first kappa shape index (κ1) is 32.3. The van der Waals surface area contributed by atoms with Crippen LogP contribution in [0.15, 0.2) is 170 Å². The van der Waals surface area contributed by atoms with Gasteiger partial charge in [-0.1, -0.05) is 153 Å². The lowest BCUT2D eigenvalue weighted by molar-refractivity contribution is 0.353. The summed E-state index contributed by atoms with van der Waals surface area (Å²) < 4.78 is 2.59. The second kappa shape index (κ2) is 13.0. The molecule has 0 unspecified atom stereocenters. The molecule has 0 atom stereocenters. The summed E-state index contributed by atoms with van der Waals surface area (Å²) in [5, 5.41) is 2.55. The smallest absolute Gasteiger partial charge is 0.160 e. The lowest BCUT2D eigenvalue weighted by atomic mass is 9.68. The van der Waals surface area contributed by atoms with E-state index in [4.69, 9.17) is 9.97 Å². The van der Waals surface area contributed by atoms with Crippen LogP contribution in [0.1, 0.15) is 43.2 Å². The van der Waals surface area contributed by atoms with Gasteiger partial charge in [-0.3, -0.25) is 0 Å². The number of hydrogen-bond acceptors (Lipinski definition) is 3. The maximum Gasteiger partial charge on any atom is 0.160 e. The Morgan fingerprint density at radius 3 is 1.65 bits per heavy atom. The molecular formula is C52H38N2S. The van der Waals surface area contributed by atoms with E-state index >= 15 is 0 Å². The van der Waals surface area contributed by atoms with Gasteiger partial charge in [-0.05, 0) is 93.7 Å². The van der Waals surface area contributed by atoms with Crippen molar-refractivity contribution >= 4 is 31.5 Å². The topological polar surface area (TPSA) is 25.8 Å². The summed E-state index contributed by atoms with van der Waals surface area (Å²) in [4.78, 5) is 10.3. The largest absolute Gasteiger partial charge is 0.228 e. The van der Waals surface area contributed by atoms with Gasteiger partial charge < -0.3 is 0 Å². The van der Waals surface area contributed by atoms with Crippen LogP contribution in [-0.2, 0) is 5.41 Å². The molecule has 0 saturated heterocycles. The quantitative estimate of drug-likeness (QED) is 0.177. The van der Waals surface area contributed by atoms with Crippen molar-refractivity contribution < 1.29 is 0 Å². The number of thiophene rings is 1. The molecule has 0 N–H and O–H groups in total. The van der Waals surface area contributed by atoms with Crippen molar-refractivity contribution in [1.29, 1.82) is 0 Å². The third kappa shape index (κ3) is 5.45. The normalized spacial score (nSPS) is 14.3. The SMILES string of the molecule is c1ccc(-c2ccc(-c3cc(-c4ccc5sc6ccc(-c7ccc8c(c7)-c7ccccc7C87CCCCC7)cc6c5c4)nc(-c4ccccc4)n3)cc2)cc1.